The Hall–Kier alpha value is -1.99. The van der Waals surface area contributed by atoms with Crippen LogP contribution in [0.2, 0.25) is 0 Å². The maximum atomic E-state index is 10.9. The number of fused-ring (bicyclic) bond motifs is 1. The van der Waals surface area contributed by atoms with Gasteiger partial charge in [0.25, 0.3) is 0 Å². The fourth-order valence-corrected chi connectivity index (χ4v) is 2.41. The molecule has 1 fully saturated rings. The SMILES string of the molecule is CN1CCOC(Cn2nnc3cc(C(=O)O)ccc32)C1. The van der Waals surface area contributed by atoms with E-state index < -0.39 is 5.97 Å². The van der Waals surface area contributed by atoms with Crippen LogP contribution in [0.15, 0.2) is 18.2 Å². The number of nitrogens with zero attached hydrogens (tertiary/aromatic N) is 4. The van der Waals surface area contributed by atoms with Crippen molar-refractivity contribution < 1.29 is 14.6 Å². The number of hydrogen-bond donors (Lipinski definition) is 1. The highest BCUT2D eigenvalue weighted by Gasteiger charge is 2.19. The molecule has 1 aliphatic rings. The number of aromatic nitrogens is 3. The van der Waals surface area contributed by atoms with Gasteiger partial charge in [0.15, 0.2) is 0 Å². The average molecular weight is 276 g/mol. The zero-order chi connectivity index (χ0) is 14.1. The lowest BCUT2D eigenvalue weighted by molar-refractivity contribution is -0.0286. The van der Waals surface area contributed by atoms with E-state index in [1.165, 1.54) is 6.07 Å². The molecular weight excluding hydrogens is 260 g/mol. The molecule has 7 heteroatoms. The molecule has 1 aromatic carbocycles. The minimum atomic E-state index is -0.960. The van der Waals surface area contributed by atoms with Crippen LogP contribution < -0.4 is 0 Å². The lowest BCUT2D eigenvalue weighted by Gasteiger charge is -2.29. The predicted molar refractivity (Wildman–Crippen MR) is 71.7 cm³/mol. The van der Waals surface area contributed by atoms with Crippen molar-refractivity contribution >= 4 is 17.0 Å². The van der Waals surface area contributed by atoms with E-state index in [1.54, 1.807) is 16.8 Å². The van der Waals surface area contributed by atoms with Crippen LogP contribution in [0, 0.1) is 0 Å². The van der Waals surface area contributed by atoms with Gasteiger partial charge in [0.05, 0.1) is 30.3 Å². The number of likely N-dealkylation sites (N-methyl/N-ethyl adjacent to an activating group) is 1. The second-order valence-corrected chi connectivity index (χ2v) is 5.04. The molecule has 1 atom stereocenters. The second kappa shape index (κ2) is 5.18. The zero-order valence-electron chi connectivity index (χ0n) is 11.2. The Labute approximate surface area is 115 Å². The number of morpholine rings is 1. The first-order valence-corrected chi connectivity index (χ1v) is 6.50. The Morgan fingerprint density at radius 2 is 2.40 bits per heavy atom. The molecule has 0 aliphatic carbocycles. The largest absolute Gasteiger partial charge is 0.478 e. The molecule has 0 amide bonds. The molecule has 0 saturated carbocycles. The Balaban J connectivity index is 1.83. The third-order valence-corrected chi connectivity index (χ3v) is 3.48. The highest BCUT2D eigenvalue weighted by atomic mass is 16.5. The summed E-state index contributed by atoms with van der Waals surface area (Å²) >= 11 is 0. The van der Waals surface area contributed by atoms with Gasteiger partial charge in [0.2, 0.25) is 0 Å². The maximum Gasteiger partial charge on any atom is 0.335 e. The predicted octanol–water partition coefficient (Wildman–Crippen LogP) is 0.460. The van der Waals surface area contributed by atoms with Crippen molar-refractivity contribution in [2.45, 2.75) is 12.6 Å². The third kappa shape index (κ3) is 2.50. The van der Waals surface area contributed by atoms with Crippen molar-refractivity contribution in [1.82, 2.24) is 19.9 Å². The van der Waals surface area contributed by atoms with Crippen LogP contribution in [0.3, 0.4) is 0 Å². The van der Waals surface area contributed by atoms with E-state index in [9.17, 15) is 4.79 Å². The topological polar surface area (TPSA) is 80.5 Å². The maximum absolute atomic E-state index is 10.9. The molecule has 106 valence electrons. The molecule has 1 unspecified atom stereocenters. The van der Waals surface area contributed by atoms with Crippen LogP contribution in [0.5, 0.6) is 0 Å². The van der Waals surface area contributed by atoms with Crippen LogP contribution in [0.4, 0.5) is 0 Å². The molecule has 0 spiro atoms. The van der Waals surface area contributed by atoms with Gasteiger partial charge in [0.1, 0.15) is 5.52 Å². The molecule has 0 bridgehead atoms. The van der Waals surface area contributed by atoms with E-state index in [-0.39, 0.29) is 11.7 Å². The fraction of sp³-hybridized carbons (Fsp3) is 0.462. The number of carbonyl (C=O) groups is 1. The van der Waals surface area contributed by atoms with Crippen molar-refractivity contribution in [1.29, 1.82) is 0 Å². The lowest BCUT2D eigenvalue weighted by atomic mass is 10.2. The van der Waals surface area contributed by atoms with Crippen molar-refractivity contribution in [3.05, 3.63) is 23.8 Å². The van der Waals surface area contributed by atoms with Gasteiger partial charge in [-0.25, -0.2) is 9.48 Å². The van der Waals surface area contributed by atoms with Crippen LogP contribution in [-0.2, 0) is 11.3 Å². The van der Waals surface area contributed by atoms with Crippen molar-refractivity contribution in [3.63, 3.8) is 0 Å². The summed E-state index contributed by atoms with van der Waals surface area (Å²) < 4.78 is 7.48. The van der Waals surface area contributed by atoms with Gasteiger partial charge in [-0.3, -0.25) is 0 Å². The average Bonchev–Trinajstić information content (AvgIpc) is 2.81. The number of aromatic carboxylic acids is 1. The van der Waals surface area contributed by atoms with Gasteiger partial charge in [-0.15, -0.1) is 5.10 Å². The normalized spacial score (nSPS) is 20.4. The second-order valence-electron chi connectivity index (χ2n) is 5.04. The molecule has 1 aromatic heterocycles. The van der Waals surface area contributed by atoms with E-state index in [2.05, 4.69) is 22.3 Å². The summed E-state index contributed by atoms with van der Waals surface area (Å²) in [5.74, 6) is -0.960. The first kappa shape index (κ1) is 13.0. The quantitative estimate of drug-likeness (QED) is 0.877. The number of benzene rings is 1. The van der Waals surface area contributed by atoms with Crippen molar-refractivity contribution in [2.24, 2.45) is 0 Å². The Kier molecular flexibility index (Phi) is 3.37. The van der Waals surface area contributed by atoms with Gasteiger partial charge in [0, 0.05) is 13.1 Å². The molecule has 0 radical (unpaired) electrons. The third-order valence-electron chi connectivity index (χ3n) is 3.48. The highest BCUT2D eigenvalue weighted by Crippen LogP contribution is 2.15. The van der Waals surface area contributed by atoms with Crippen molar-refractivity contribution in [3.8, 4) is 0 Å². The van der Waals surface area contributed by atoms with E-state index in [1.807, 2.05) is 0 Å². The molecule has 7 nitrogen and oxygen atoms in total. The lowest BCUT2D eigenvalue weighted by Crippen LogP contribution is -2.42. The summed E-state index contributed by atoms with van der Waals surface area (Å²) in [6.07, 6.45) is 0.0813. The summed E-state index contributed by atoms with van der Waals surface area (Å²) in [4.78, 5) is 13.1. The van der Waals surface area contributed by atoms with Gasteiger partial charge in [-0.2, -0.15) is 0 Å². The molecular formula is C13H16N4O3. The van der Waals surface area contributed by atoms with Crippen molar-refractivity contribution in [2.75, 3.05) is 26.7 Å². The van der Waals surface area contributed by atoms with Gasteiger partial charge >= 0.3 is 5.97 Å². The standard InChI is InChI=1S/C13H16N4O3/c1-16-4-5-20-10(7-16)8-17-12-3-2-9(13(18)19)6-11(12)14-15-17/h2-3,6,10H,4-5,7-8H2,1H3,(H,18,19). The van der Waals surface area contributed by atoms with Crippen LogP contribution in [-0.4, -0.2) is 63.8 Å². The fourth-order valence-electron chi connectivity index (χ4n) is 2.41. The number of carboxylic acid groups (broad SMARTS) is 1. The van der Waals surface area contributed by atoms with Crippen LogP contribution in [0.1, 0.15) is 10.4 Å². The van der Waals surface area contributed by atoms with Gasteiger partial charge in [-0.1, -0.05) is 5.21 Å². The number of carboxylic acids is 1. The van der Waals surface area contributed by atoms with E-state index in [0.29, 0.717) is 12.1 Å². The summed E-state index contributed by atoms with van der Waals surface area (Å²) in [6, 6.07) is 4.85. The summed E-state index contributed by atoms with van der Waals surface area (Å²) in [7, 11) is 2.06. The zero-order valence-corrected chi connectivity index (χ0v) is 11.2. The minimum absolute atomic E-state index is 0.0813. The van der Waals surface area contributed by atoms with Gasteiger partial charge < -0.3 is 14.7 Å². The van der Waals surface area contributed by atoms with Gasteiger partial charge in [-0.05, 0) is 25.2 Å². The first-order valence-electron chi connectivity index (χ1n) is 6.50. The highest BCUT2D eigenvalue weighted by molar-refractivity contribution is 5.92. The monoisotopic (exact) mass is 276 g/mol. The van der Waals surface area contributed by atoms with E-state index in [4.69, 9.17) is 9.84 Å². The number of ether oxygens (including phenoxy) is 1. The minimum Gasteiger partial charge on any atom is -0.478 e. The Morgan fingerprint density at radius 1 is 1.55 bits per heavy atom. The van der Waals surface area contributed by atoms with E-state index >= 15 is 0 Å². The summed E-state index contributed by atoms with van der Waals surface area (Å²) in [5.41, 5.74) is 1.64. The molecule has 2 heterocycles. The summed E-state index contributed by atoms with van der Waals surface area (Å²) in [6.45, 7) is 3.13. The smallest absolute Gasteiger partial charge is 0.335 e. The summed E-state index contributed by atoms with van der Waals surface area (Å²) in [5, 5.41) is 17.1. The Bertz CT molecular complexity index is 640. The Morgan fingerprint density at radius 3 is 3.15 bits per heavy atom. The molecule has 1 N–H and O–H groups in total. The first-order chi connectivity index (χ1) is 9.63. The number of hydrogen-bond acceptors (Lipinski definition) is 5. The molecule has 1 saturated heterocycles. The van der Waals surface area contributed by atoms with Crippen LogP contribution >= 0.6 is 0 Å². The molecule has 3 rings (SSSR count). The molecule has 2 aromatic rings. The van der Waals surface area contributed by atoms with E-state index in [0.717, 1.165) is 25.2 Å². The van der Waals surface area contributed by atoms with Crippen LogP contribution in [0.25, 0.3) is 11.0 Å². The molecule has 20 heavy (non-hydrogen) atoms. The molecule has 1 aliphatic heterocycles. The number of rotatable bonds is 3.